The summed E-state index contributed by atoms with van der Waals surface area (Å²) in [5.74, 6) is 0.599. The molecule has 0 fully saturated rings. The Balaban J connectivity index is 4.34. The molecule has 0 saturated heterocycles. The van der Waals surface area contributed by atoms with Crippen LogP contribution in [0.25, 0.3) is 0 Å². The van der Waals surface area contributed by atoms with E-state index in [0.717, 1.165) is 15.4 Å². The Bertz CT molecular complexity index is 125. The van der Waals surface area contributed by atoms with Gasteiger partial charge in [-0.2, -0.15) is 0 Å². The maximum atomic E-state index is 6.00. The van der Waals surface area contributed by atoms with Crippen LogP contribution in [0.4, 0.5) is 0 Å². The lowest BCUT2D eigenvalue weighted by atomic mass is 10.2. The molecule has 0 aliphatic heterocycles. The van der Waals surface area contributed by atoms with Gasteiger partial charge in [-0.15, -0.1) is 0 Å². The van der Waals surface area contributed by atoms with Crippen LogP contribution in [0.2, 0.25) is 0 Å². The molecular weight excluding hydrogens is 162 g/mol. The van der Waals surface area contributed by atoms with E-state index in [4.69, 9.17) is 11.6 Å². The van der Waals surface area contributed by atoms with E-state index >= 15 is 0 Å². The Morgan fingerprint density at radius 1 is 1.40 bits per heavy atom. The second-order valence-corrected chi connectivity index (χ2v) is 4.46. The Morgan fingerprint density at radius 3 is 1.90 bits per heavy atom. The number of hydrogen-bond donors (Lipinski definition) is 0. The summed E-state index contributed by atoms with van der Waals surface area (Å²) in [5, 5.41) is 2.30. The topological polar surface area (TPSA) is 3.24 Å². The van der Waals surface area contributed by atoms with E-state index in [-0.39, 0.29) is 0 Å². The first kappa shape index (κ1) is 10.0. The smallest absolute Gasteiger partial charge is 0.0983 e. The van der Waals surface area contributed by atoms with E-state index in [1.54, 1.807) is 0 Å². The van der Waals surface area contributed by atoms with Gasteiger partial charge in [0, 0.05) is 24.3 Å². The Labute approximate surface area is 71.5 Å². The molecule has 0 saturated carbocycles. The zero-order chi connectivity index (χ0) is 8.31. The summed E-state index contributed by atoms with van der Waals surface area (Å²) in [7, 11) is 5.01. The first-order valence-electron chi connectivity index (χ1n) is 3.50. The summed E-state index contributed by atoms with van der Waals surface area (Å²) in [5.41, 5.74) is 0. The molecule has 0 bridgehead atoms. The van der Waals surface area contributed by atoms with Gasteiger partial charge in [-0.3, -0.25) is 0 Å². The molecule has 0 rings (SSSR count). The van der Waals surface area contributed by atoms with Crippen molar-refractivity contribution >= 4 is 21.8 Å². The lowest BCUT2D eigenvalue weighted by molar-refractivity contribution is 0.536. The highest BCUT2D eigenvalue weighted by Crippen LogP contribution is 2.15. The van der Waals surface area contributed by atoms with Crippen LogP contribution in [0.1, 0.15) is 13.8 Å². The van der Waals surface area contributed by atoms with E-state index in [9.17, 15) is 0 Å². The van der Waals surface area contributed by atoms with E-state index in [0.29, 0.717) is 5.92 Å². The minimum atomic E-state index is 0.599. The highest BCUT2D eigenvalue weighted by Gasteiger charge is 2.03. The van der Waals surface area contributed by atoms with Crippen molar-refractivity contribution in [1.82, 2.24) is 4.90 Å². The Morgan fingerprint density at radius 2 is 1.80 bits per heavy atom. The Hall–Kier alpha value is 0.0469. The molecule has 0 N–H and O–H groups in total. The van der Waals surface area contributed by atoms with Gasteiger partial charge in [-0.05, 0) is 5.92 Å². The molecule has 0 aliphatic rings. The monoisotopic (exact) mass is 177 g/mol. The van der Waals surface area contributed by atoms with Gasteiger partial charge in [-0.25, -0.2) is 0 Å². The largest absolute Gasteiger partial charge is 0.369 e. The molecule has 60 valence electrons. The molecule has 3 heteroatoms. The van der Waals surface area contributed by atoms with Crippen LogP contribution in [0.3, 0.4) is 0 Å². The van der Waals surface area contributed by atoms with Crippen molar-refractivity contribution in [2.45, 2.75) is 13.8 Å². The van der Waals surface area contributed by atoms with E-state index in [1.807, 2.05) is 19.0 Å². The van der Waals surface area contributed by atoms with E-state index in [2.05, 4.69) is 13.8 Å². The first-order valence-corrected chi connectivity index (χ1v) is 4.88. The highest BCUT2D eigenvalue weighted by molar-refractivity contribution is 6.35. The predicted octanol–water partition coefficient (Wildman–Crippen LogP) is 0.977. The number of rotatable bonds is 2. The maximum Gasteiger partial charge on any atom is 0.0983 e. The zero-order valence-corrected chi connectivity index (χ0v) is 10.2. The molecule has 0 unspecified atom stereocenters. The molecule has 0 aliphatic carbocycles. The van der Waals surface area contributed by atoms with Crippen molar-refractivity contribution in [2.24, 2.45) is 5.92 Å². The standard InChI is InChI=1S/C7H16ClNSi/c1-5(2)6(10)7(8)9(3)4/h5H,1-4,10H3. The zero-order valence-electron chi connectivity index (χ0n) is 7.40. The Kier molecular flexibility index (Phi) is 4.06. The van der Waals surface area contributed by atoms with Gasteiger partial charge < -0.3 is 4.90 Å². The molecule has 1 nitrogen and oxygen atoms in total. The fourth-order valence-corrected chi connectivity index (χ4v) is 1.26. The van der Waals surface area contributed by atoms with Crippen molar-refractivity contribution in [1.29, 1.82) is 0 Å². The summed E-state index contributed by atoms with van der Waals surface area (Å²) in [6, 6.07) is 0. The molecule has 0 aromatic heterocycles. The quantitative estimate of drug-likeness (QED) is 0.449. The van der Waals surface area contributed by atoms with Gasteiger partial charge in [0.2, 0.25) is 0 Å². The average Bonchev–Trinajstić information content (AvgIpc) is 1.84. The third-order valence-corrected chi connectivity index (χ3v) is 4.17. The molecule has 10 heavy (non-hydrogen) atoms. The molecule has 0 aromatic rings. The van der Waals surface area contributed by atoms with Crippen LogP contribution in [-0.4, -0.2) is 29.2 Å². The van der Waals surface area contributed by atoms with Crippen molar-refractivity contribution in [3.05, 3.63) is 10.4 Å². The molecule has 0 heterocycles. The van der Waals surface area contributed by atoms with Crippen molar-refractivity contribution in [3.8, 4) is 0 Å². The van der Waals surface area contributed by atoms with E-state index < -0.39 is 0 Å². The molecule has 0 radical (unpaired) electrons. The summed E-state index contributed by atoms with van der Waals surface area (Å²) in [4.78, 5) is 1.96. The molecule has 0 amide bonds. The average molecular weight is 178 g/mol. The van der Waals surface area contributed by atoms with Gasteiger partial charge in [0.05, 0.1) is 5.16 Å². The fourth-order valence-electron chi connectivity index (χ4n) is 0.591. The van der Waals surface area contributed by atoms with Crippen molar-refractivity contribution in [2.75, 3.05) is 14.1 Å². The minimum absolute atomic E-state index is 0.599. The molecule has 0 aromatic carbocycles. The summed E-state index contributed by atoms with van der Waals surface area (Å²) < 4.78 is 0. The highest BCUT2D eigenvalue weighted by atomic mass is 35.5. The normalized spacial score (nSPS) is 13.8. The van der Waals surface area contributed by atoms with E-state index in [1.165, 1.54) is 5.20 Å². The maximum absolute atomic E-state index is 6.00. The van der Waals surface area contributed by atoms with Crippen LogP contribution in [0.5, 0.6) is 0 Å². The summed E-state index contributed by atoms with van der Waals surface area (Å²) in [6.45, 7) is 4.35. The lowest BCUT2D eigenvalue weighted by Crippen LogP contribution is -2.11. The number of hydrogen-bond acceptors (Lipinski definition) is 1. The minimum Gasteiger partial charge on any atom is -0.369 e. The van der Waals surface area contributed by atoms with Gasteiger partial charge in [0.15, 0.2) is 0 Å². The van der Waals surface area contributed by atoms with Crippen molar-refractivity contribution < 1.29 is 0 Å². The van der Waals surface area contributed by atoms with Crippen LogP contribution < -0.4 is 0 Å². The SMILES string of the molecule is CC(C)C([SiH3])=C(Cl)N(C)C. The van der Waals surface area contributed by atoms with Crippen LogP contribution >= 0.6 is 11.6 Å². The number of halogens is 1. The third kappa shape index (κ3) is 2.75. The summed E-state index contributed by atoms with van der Waals surface area (Å²) >= 11 is 6.00. The van der Waals surface area contributed by atoms with Gasteiger partial charge in [0.25, 0.3) is 0 Å². The number of allylic oxidation sites excluding steroid dienone is 1. The molecule has 0 spiro atoms. The predicted molar refractivity (Wildman–Crippen MR) is 51.3 cm³/mol. The van der Waals surface area contributed by atoms with Crippen LogP contribution in [0, 0.1) is 5.92 Å². The first-order chi connectivity index (χ1) is 4.46. The summed E-state index contributed by atoms with van der Waals surface area (Å²) in [6.07, 6.45) is 0. The lowest BCUT2D eigenvalue weighted by Gasteiger charge is -2.16. The molecular formula is C7H16ClNSi. The van der Waals surface area contributed by atoms with Crippen LogP contribution in [0.15, 0.2) is 10.4 Å². The van der Waals surface area contributed by atoms with Crippen molar-refractivity contribution in [3.63, 3.8) is 0 Å². The van der Waals surface area contributed by atoms with Gasteiger partial charge >= 0.3 is 0 Å². The number of nitrogens with zero attached hydrogens (tertiary/aromatic N) is 1. The second-order valence-electron chi connectivity index (χ2n) is 3.02. The third-order valence-electron chi connectivity index (χ3n) is 1.58. The second kappa shape index (κ2) is 4.04. The molecule has 0 atom stereocenters. The van der Waals surface area contributed by atoms with Gasteiger partial charge in [-0.1, -0.05) is 30.6 Å². The van der Waals surface area contributed by atoms with Crippen LogP contribution in [-0.2, 0) is 0 Å². The fraction of sp³-hybridized carbons (Fsp3) is 0.714. The van der Waals surface area contributed by atoms with Gasteiger partial charge in [0.1, 0.15) is 0 Å².